The van der Waals surface area contributed by atoms with Crippen molar-refractivity contribution < 1.29 is 9.53 Å². The SMILES string of the molecule is COc1ccccc1C=C1C(=O)N(c2nn[nH]n2)N=C1C. The topological polar surface area (TPSA) is 96.4 Å². The van der Waals surface area contributed by atoms with Crippen molar-refractivity contribution in [3.63, 3.8) is 0 Å². The Balaban J connectivity index is 1.98. The Hall–Kier alpha value is -3.03. The number of nitrogens with zero attached hydrogens (tertiary/aromatic N) is 5. The van der Waals surface area contributed by atoms with Gasteiger partial charge in [0, 0.05) is 5.56 Å². The van der Waals surface area contributed by atoms with Crippen LogP contribution in [0.2, 0.25) is 0 Å². The molecule has 0 unspecified atom stereocenters. The number of carbonyl (C=O) groups excluding carboxylic acids is 1. The quantitative estimate of drug-likeness (QED) is 0.849. The van der Waals surface area contributed by atoms with Crippen molar-refractivity contribution in [2.24, 2.45) is 5.10 Å². The number of amides is 1. The maximum absolute atomic E-state index is 12.4. The number of tetrazole rings is 1. The summed E-state index contributed by atoms with van der Waals surface area (Å²) in [4.78, 5) is 12.4. The molecular weight excluding hydrogens is 272 g/mol. The molecule has 1 aliphatic rings. The van der Waals surface area contributed by atoms with Gasteiger partial charge in [0.2, 0.25) is 0 Å². The summed E-state index contributed by atoms with van der Waals surface area (Å²) < 4.78 is 5.28. The Kier molecular flexibility index (Phi) is 3.19. The standard InChI is InChI=1S/C13H12N6O2/c1-8-10(7-9-5-3-4-6-11(9)21-2)12(20)19(16-8)13-14-17-18-15-13/h3-7H,1-2H3,(H,14,15,17,18). The monoisotopic (exact) mass is 284 g/mol. The summed E-state index contributed by atoms with van der Waals surface area (Å²) >= 11 is 0. The number of benzene rings is 1. The van der Waals surface area contributed by atoms with Crippen LogP contribution in [0.3, 0.4) is 0 Å². The molecule has 1 amide bonds. The molecule has 1 aromatic carbocycles. The molecule has 8 heteroatoms. The first-order valence-electron chi connectivity index (χ1n) is 6.19. The van der Waals surface area contributed by atoms with Crippen molar-refractivity contribution >= 4 is 23.6 Å². The minimum Gasteiger partial charge on any atom is -0.496 e. The second kappa shape index (κ2) is 5.16. The lowest BCUT2D eigenvalue weighted by Gasteiger charge is -2.06. The Labute approximate surface area is 120 Å². The lowest BCUT2D eigenvalue weighted by atomic mass is 10.1. The Morgan fingerprint density at radius 2 is 2.14 bits per heavy atom. The highest BCUT2D eigenvalue weighted by Crippen LogP contribution is 2.25. The van der Waals surface area contributed by atoms with Crippen LogP contribution >= 0.6 is 0 Å². The first-order valence-corrected chi connectivity index (χ1v) is 6.19. The highest BCUT2D eigenvalue weighted by atomic mass is 16.5. The number of hydrogen-bond acceptors (Lipinski definition) is 6. The van der Waals surface area contributed by atoms with Crippen LogP contribution in [0.4, 0.5) is 5.95 Å². The summed E-state index contributed by atoms with van der Waals surface area (Å²) in [6.07, 6.45) is 1.74. The minimum absolute atomic E-state index is 0.114. The number of ether oxygens (including phenoxy) is 1. The van der Waals surface area contributed by atoms with E-state index in [2.05, 4.69) is 25.7 Å². The summed E-state index contributed by atoms with van der Waals surface area (Å²) in [6, 6.07) is 7.43. The minimum atomic E-state index is -0.306. The molecule has 8 nitrogen and oxygen atoms in total. The number of rotatable bonds is 3. The third-order valence-corrected chi connectivity index (χ3v) is 3.02. The number of para-hydroxylation sites is 1. The molecule has 0 atom stereocenters. The van der Waals surface area contributed by atoms with E-state index < -0.39 is 0 Å². The summed E-state index contributed by atoms with van der Waals surface area (Å²) in [6.45, 7) is 1.75. The number of aromatic nitrogens is 4. The number of hydrazone groups is 1. The van der Waals surface area contributed by atoms with Gasteiger partial charge in [-0.1, -0.05) is 23.3 Å². The van der Waals surface area contributed by atoms with Gasteiger partial charge in [-0.05, 0) is 24.3 Å². The van der Waals surface area contributed by atoms with E-state index in [9.17, 15) is 4.79 Å². The van der Waals surface area contributed by atoms with E-state index in [-0.39, 0.29) is 11.9 Å². The maximum Gasteiger partial charge on any atom is 0.293 e. The number of hydrogen-bond donors (Lipinski definition) is 1. The Bertz CT molecular complexity index is 735. The third-order valence-electron chi connectivity index (χ3n) is 3.02. The fourth-order valence-electron chi connectivity index (χ4n) is 2.01. The lowest BCUT2D eigenvalue weighted by Crippen LogP contribution is -2.22. The molecule has 0 saturated heterocycles. The van der Waals surface area contributed by atoms with Gasteiger partial charge in [0.15, 0.2) is 0 Å². The number of anilines is 1. The van der Waals surface area contributed by atoms with E-state index in [0.29, 0.717) is 17.0 Å². The highest BCUT2D eigenvalue weighted by molar-refractivity contribution is 6.31. The average Bonchev–Trinajstić information content (AvgIpc) is 3.11. The van der Waals surface area contributed by atoms with Gasteiger partial charge in [0.25, 0.3) is 11.9 Å². The van der Waals surface area contributed by atoms with Crippen LogP contribution < -0.4 is 9.75 Å². The van der Waals surface area contributed by atoms with Gasteiger partial charge < -0.3 is 4.74 Å². The molecule has 3 rings (SSSR count). The summed E-state index contributed by atoms with van der Waals surface area (Å²) in [5.41, 5.74) is 1.84. The highest BCUT2D eigenvalue weighted by Gasteiger charge is 2.31. The first-order chi connectivity index (χ1) is 10.2. The summed E-state index contributed by atoms with van der Waals surface area (Å²) in [7, 11) is 1.58. The fraction of sp³-hybridized carbons (Fsp3) is 0.154. The summed E-state index contributed by atoms with van der Waals surface area (Å²) in [5, 5.41) is 18.5. The van der Waals surface area contributed by atoms with Gasteiger partial charge >= 0.3 is 0 Å². The molecule has 0 saturated carbocycles. The van der Waals surface area contributed by atoms with Crippen LogP contribution in [0.25, 0.3) is 6.08 Å². The van der Waals surface area contributed by atoms with Crippen molar-refractivity contribution in [1.82, 2.24) is 20.6 Å². The third kappa shape index (κ3) is 2.27. The Morgan fingerprint density at radius 3 is 2.86 bits per heavy atom. The van der Waals surface area contributed by atoms with Crippen LogP contribution in [0.15, 0.2) is 34.9 Å². The molecule has 1 aliphatic heterocycles. The van der Waals surface area contributed by atoms with Crippen molar-refractivity contribution in [3.05, 3.63) is 35.4 Å². The fourth-order valence-corrected chi connectivity index (χ4v) is 2.01. The van der Waals surface area contributed by atoms with Gasteiger partial charge in [0.1, 0.15) is 5.75 Å². The molecule has 1 N–H and O–H groups in total. The summed E-state index contributed by atoms with van der Waals surface area (Å²) in [5.74, 6) is 0.492. The van der Waals surface area contributed by atoms with E-state index in [1.165, 1.54) is 0 Å². The van der Waals surface area contributed by atoms with Crippen LogP contribution in [-0.2, 0) is 4.79 Å². The Morgan fingerprint density at radius 1 is 1.33 bits per heavy atom. The van der Waals surface area contributed by atoms with E-state index in [1.807, 2.05) is 24.3 Å². The molecule has 0 radical (unpaired) electrons. The predicted octanol–water partition coefficient (Wildman–Crippen LogP) is 1.01. The van der Waals surface area contributed by atoms with Gasteiger partial charge in [-0.15, -0.1) is 5.10 Å². The second-order valence-electron chi connectivity index (χ2n) is 4.31. The predicted molar refractivity (Wildman–Crippen MR) is 75.7 cm³/mol. The number of methoxy groups -OCH3 is 1. The van der Waals surface area contributed by atoms with E-state index in [4.69, 9.17) is 4.74 Å². The average molecular weight is 284 g/mol. The first kappa shape index (κ1) is 13.0. The van der Waals surface area contributed by atoms with Crippen LogP contribution in [0, 0.1) is 0 Å². The van der Waals surface area contributed by atoms with Gasteiger partial charge in [-0.2, -0.15) is 15.3 Å². The zero-order valence-electron chi connectivity index (χ0n) is 11.4. The van der Waals surface area contributed by atoms with Crippen molar-refractivity contribution in [3.8, 4) is 5.75 Å². The van der Waals surface area contributed by atoms with Gasteiger partial charge in [0.05, 0.1) is 18.4 Å². The molecule has 0 bridgehead atoms. The van der Waals surface area contributed by atoms with Gasteiger partial charge in [-0.3, -0.25) is 4.79 Å². The zero-order valence-corrected chi connectivity index (χ0v) is 11.4. The maximum atomic E-state index is 12.4. The van der Waals surface area contributed by atoms with Crippen molar-refractivity contribution in [1.29, 1.82) is 0 Å². The van der Waals surface area contributed by atoms with Crippen molar-refractivity contribution in [2.75, 3.05) is 12.1 Å². The zero-order chi connectivity index (χ0) is 14.8. The normalized spacial score (nSPS) is 16.5. The van der Waals surface area contributed by atoms with Crippen molar-refractivity contribution in [2.45, 2.75) is 6.92 Å². The number of carbonyl (C=O) groups is 1. The van der Waals surface area contributed by atoms with Gasteiger partial charge in [-0.25, -0.2) is 0 Å². The van der Waals surface area contributed by atoms with Crippen LogP contribution in [0.5, 0.6) is 5.75 Å². The van der Waals surface area contributed by atoms with Crippen LogP contribution in [0.1, 0.15) is 12.5 Å². The molecule has 2 aromatic rings. The molecule has 0 spiro atoms. The molecule has 2 heterocycles. The molecule has 106 valence electrons. The van der Waals surface area contributed by atoms with Crippen LogP contribution in [-0.4, -0.2) is 39.4 Å². The van der Waals surface area contributed by atoms with E-state index in [0.717, 1.165) is 10.6 Å². The van der Waals surface area contributed by atoms with E-state index in [1.54, 1.807) is 20.1 Å². The smallest absolute Gasteiger partial charge is 0.293 e. The molecule has 0 fully saturated rings. The number of H-pyrrole nitrogens is 1. The largest absolute Gasteiger partial charge is 0.496 e. The lowest BCUT2D eigenvalue weighted by molar-refractivity contribution is -0.114. The van der Waals surface area contributed by atoms with E-state index >= 15 is 0 Å². The number of aromatic amines is 1. The molecule has 21 heavy (non-hydrogen) atoms. The second-order valence-corrected chi connectivity index (χ2v) is 4.31. The molecule has 0 aliphatic carbocycles. The molecular formula is C13H12N6O2. The molecule has 1 aromatic heterocycles. The number of nitrogens with one attached hydrogen (secondary N) is 1.